The second-order valence-electron chi connectivity index (χ2n) is 8.74. The van der Waals surface area contributed by atoms with Gasteiger partial charge in [0.05, 0.1) is 24.1 Å². The van der Waals surface area contributed by atoms with Crippen molar-refractivity contribution in [2.75, 3.05) is 23.3 Å². The van der Waals surface area contributed by atoms with Crippen molar-refractivity contribution in [3.8, 4) is 0 Å². The maximum absolute atomic E-state index is 13.0. The summed E-state index contributed by atoms with van der Waals surface area (Å²) in [5.41, 5.74) is 3.21. The summed E-state index contributed by atoms with van der Waals surface area (Å²) >= 11 is 0. The number of aromatic nitrogens is 4. The van der Waals surface area contributed by atoms with Gasteiger partial charge in [-0.3, -0.25) is 9.69 Å². The Bertz CT molecular complexity index is 1190. The molecule has 1 amide bonds. The van der Waals surface area contributed by atoms with Crippen molar-refractivity contribution in [3.63, 3.8) is 0 Å². The number of carbonyl (C=O) groups excluding carboxylic acids is 1. The van der Waals surface area contributed by atoms with Crippen molar-refractivity contribution in [2.24, 2.45) is 0 Å². The Morgan fingerprint density at radius 2 is 1.97 bits per heavy atom. The molecular formula is C22H24F3N7O. The Morgan fingerprint density at radius 3 is 2.70 bits per heavy atom. The van der Waals surface area contributed by atoms with E-state index in [1.54, 1.807) is 23.2 Å². The lowest BCUT2D eigenvalue weighted by Crippen LogP contribution is -2.44. The topological polar surface area (TPSA) is 90.0 Å². The van der Waals surface area contributed by atoms with Gasteiger partial charge in [0.25, 0.3) is 0 Å². The van der Waals surface area contributed by atoms with Crippen LogP contribution in [0.4, 0.5) is 30.6 Å². The minimum absolute atomic E-state index is 0.0786. The maximum Gasteiger partial charge on any atom is 0.401 e. The van der Waals surface area contributed by atoms with Crippen LogP contribution in [0, 0.1) is 13.8 Å². The van der Waals surface area contributed by atoms with Crippen LogP contribution in [0.2, 0.25) is 0 Å². The highest BCUT2D eigenvalue weighted by Gasteiger charge is 2.45. The molecule has 174 valence electrons. The monoisotopic (exact) mass is 459 g/mol. The third kappa shape index (κ3) is 4.24. The second-order valence-corrected chi connectivity index (χ2v) is 8.74. The molecule has 0 aliphatic carbocycles. The second kappa shape index (κ2) is 7.98. The Morgan fingerprint density at radius 1 is 1.18 bits per heavy atom. The lowest BCUT2D eigenvalue weighted by molar-refractivity contribution is -0.151. The van der Waals surface area contributed by atoms with Crippen molar-refractivity contribution in [2.45, 2.75) is 51.4 Å². The summed E-state index contributed by atoms with van der Waals surface area (Å²) in [6.45, 7) is 3.15. The van der Waals surface area contributed by atoms with Crippen LogP contribution in [0.25, 0.3) is 11.0 Å². The number of H-pyrrole nitrogens is 1. The molecular weight excluding hydrogens is 435 g/mol. The Labute approximate surface area is 188 Å². The average Bonchev–Trinajstić information content (AvgIpc) is 3.24. The molecule has 2 aliphatic heterocycles. The molecule has 5 rings (SSSR count). The maximum atomic E-state index is 13.0. The first-order chi connectivity index (χ1) is 15.7. The van der Waals surface area contributed by atoms with Gasteiger partial charge in [-0.15, -0.1) is 0 Å². The number of pyridine rings is 1. The number of aromatic amines is 1. The number of alkyl halides is 3. The lowest BCUT2D eigenvalue weighted by Gasteiger charge is -2.29. The summed E-state index contributed by atoms with van der Waals surface area (Å²) in [5, 5.41) is 4.05. The largest absolute Gasteiger partial charge is 0.401 e. The summed E-state index contributed by atoms with van der Waals surface area (Å²) in [5.74, 6) is 0.722. The number of hydrogen-bond acceptors (Lipinski definition) is 6. The predicted molar refractivity (Wildman–Crippen MR) is 117 cm³/mol. The normalized spacial score (nSPS) is 21.6. The van der Waals surface area contributed by atoms with E-state index in [0.29, 0.717) is 30.3 Å². The molecule has 33 heavy (non-hydrogen) atoms. The minimum Gasteiger partial charge on any atom is -0.346 e. The van der Waals surface area contributed by atoms with Crippen molar-refractivity contribution in [1.82, 2.24) is 24.8 Å². The van der Waals surface area contributed by atoms with Gasteiger partial charge in [0.15, 0.2) is 0 Å². The molecule has 3 aromatic heterocycles. The number of halogens is 3. The SMILES string of the molecule is Cc1c[nH]c2nc(Nc3ccc(N4C[C@H]5CC[C@@H](CC4=O)N5CC(F)(F)F)cn3)nc(C)c12. The number of nitrogens with one attached hydrogen (secondary N) is 2. The fourth-order valence-corrected chi connectivity index (χ4v) is 4.96. The van der Waals surface area contributed by atoms with Gasteiger partial charge in [-0.2, -0.15) is 18.2 Å². The van der Waals surface area contributed by atoms with E-state index in [2.05, 4.69) is 25.3 Å². The van der Waals surface area contributed by atoms with Gasteiger partial charge in [0.1, 0.15) is 11.5 Å². The van der Waals surface area contributed by atoms with Crippen molar-refractivity contribution < 1.29 is 18.0 Å². The fraction of sp³-hybridized carbons (Fsp3) is 0.455. The first-order valence-electron chi connectivity index (χ1n) is 10.9. The zero-order chi connectivity index (χ0) is 23.3. The number of rotatable bonds is 4. The molecule has 3 aromatic rings. The summed E-state index contributed by atoms with van der Waals surface area (Å²) in [7, 11) is 0. The molecule has 0 aromatic carbocycles. The van der Waals surface area contributed by atoms with Gasteiger partial charge in [0, 0.05) is 36.6 Å². The minimum atomic E-state index is -4.28. The van der Waals surface area contributed by atoms with E-state index in [1.807, 2.05) is 20.0 Å². The molecule has 8 nitrogen and oxygen atoms in total. The van der Waals surface area contributed by atoms with E-state index in [4.69, 9.17) is 0 Å². The molecule has 0 unspecified atom stereocenters. The predicted octanol–water partition coefficient (Wildman–Crippen LogP) is 3.85. The molecule has 0 spiro atoms. The third-order valence-corrected chi connectivity index (χ3v) is 6.45. The highest BCUT2D eigenvalue weighted by molar-refractivity contribution is 5.94. The Balaban J connectivity index is 1.33. The van der Waals surface area contributed by atoms with Crippen LogP contribution in [0.1, 0.15) is 30.5 Å². The smallest absolute Gasteiger partial charge is 0.346 e. The molecule has 2 saturated heterocycles. The molecule has 2 N–H and O–H groups in total. The quantitative estimate of drug-likeness (QED) is 0.616. The van der Waals surface area contributed by atoms with E-state index >= 15 is 0 Å². The van der Waals surface area contributed by atoms with Gasteiger partial charge in [0.2, 0.25) is 11.9 Å². The highest BCUT2D eigenvalue weighted by Crippen LogP contribution is 2.35. The van der Waals surface area contributed by atoms with Crippen LogP contribution in [0.5, 0.6) is 0 Å². The van der Waals surface area contributed by atoms with E-state index in [9.17, 15) is 18.0 Å². The zero-order valence-corrected chi connectivity index (χ0v) is 18.3. The number of amides is 1. The first-order valence-corrected chi connectivity index (χ1v) is 10.9. The molecule has 11 heteroatoms. The van der Waals surface area contributed by atoms with Gasteiger partial charge in [-0.1, -0.05) is 0 Å². The van der Waals surface area contributed by atoms with E-state index in [0.717, 1.165) is 22.3 Å². The number of anilines is 3. The number of aryl methyl sites for hydroxylation is 2. The van der Waals surface area contributed by atoms with Crippen LogP contribution < -0.4 is 10.2 Å². The Hall–Kier alpha value is -3.21. The van der Waals surface area contributed by atoms with Crippen LogP contribution in [0.15, 0.2) is 24.5 Å². The molecule has 2 atom stereocenters. The van der Waals surface area contributed by atoms with E-state index in [1.165, 1.54) is 4.90 Å². The standard InChI is InChI=1S/C22H24F3N7O/c1-12-8-27-20-19(12)13(2)28-21(30-20)29-17-6-5-15(9-26-17)31-10-16-4-3-14(7-18(31)33)32(16)11-22(23,24)25/h5-6,8-9,14,16H,3-4,7,10-11H2,1-2H3,(H2,26,27,28,29,30)/t14-,16+/m0/s1. The van der Waals surface area contributed by atoms with Crippen molar-refractivity contribution >= 4 is 34.4 Å². The molecule has 5 heterocycles. The van der Waals surface area contributed by atoms with Crippen molar-refractivity contribution in [3.05, 3.63) is 35.8 Å². The summed E-state index contributed by atoms with van der Waals surface area (Å²) < 4.78 is 39.1. The third-order valence-electron chi connectivity index (χ3n) is 6.45. The van der Waals surface area contributed by atoms with Gasteiger partial charge in [-0.05, 0) is 44.4 Å². The lowest BCUT2D eigenvalue weighted by atomic mass is 10.1. The van der Waals surface area contributed by atoms with Gasteiger partial charge < -0.3 is 15.2 Å². The molecule has 0 radical (unpaired) electrons. The van der Waals surface area contributed by atoms with Crippen molar-refractivity contribution in [1.29, 1.82) is 0 Å². The summed E-state index contributed by atoms with van der Waals surface area (Å²) in [4.78, 5) is 32.3. The van der Waals surface area contributed by atoms with Crippen LogP contribution in [-0.2, 0) is 4.79 Å². The van der Waals surface area contributed by atoms with Crippen LogP contribution in [-0.4, -0.2) is 62.1 Å². The van der Waals surface area contributed by atoms with E-state index < -0.39 is 12.7 Å². The van der Waals surface area contributed by atoms with Crippen LogP contribution >= 0.6 is 0 Å². The van der Waals surface area contributed by atoms with Gasteiger partial charge >= 0.3 is 6.18 Å². The molecule has 0 saturated carbocycles. The summed E-state index contributed by atoms with van der Waals surface area (Å²) in [6.07, 6.45) is 0.493. The van der Waals surface area contributed by atoms with Gasteiger partial charge in [-0.25, -0.2) is 9.97 Å². The molecule has 2 bridgehead atoms. The fourth-order valence-electron chi connectivity index (χ4n) is 4.96. The zero-order valence-electron chi connectivity index (χ0n) is 18.3. The molecule has 2 aliphatic rings. The number of hydrogen-bond donors (Lipinski definition) is 2. The average molecular weight is 459 g/mol. The van der Waals surface area contributed by atoms with Crippen LogP contribution in [0.3, 0.4) is 0 Å². The highest BCUT2D eigenvalue weighted by atomic mass is 19.4. The summed E-state index contributed by atoms with van der Waals surface area (Å²) in [6, 6.07) is 2.77. The number of fused-ring (bicyclic) bond motifs is 3. The first kappa shape index (κ1) is 21.6. The van der Waals surface area contributed by atoms with E-state index in [-0.39, 0.29) is 31.0 Å². The molecule has 2 fully saturated rings. The Kier molecular flexibility index (Phi) is 5.23. The number of nitrogens with zero attached hydrogens (tertiary/aromatic N) is 5. The number of carbonyl (C=O) groups is 1.